The van der Waals surface area contributed by atoms with E-state index < -0.39 is 3.79 Å². The molecule has 1 N–H and O–H groups in total. The normalized spacial score (nSPS) is 26.0. The lowest BCUT2D eigenvalue weighted by Crippen LogP contribution is -2.56. The van der Waals surface area contributed by atoms with Gasteiger partial charge in [-0.1, -0.05) is 64.2 Å². The Balaban J connectivity index is 1.73. The number of halogens is 3. The van der Waals surface area contributed by atoms with Gasteiger partial charge in [-0.25, -0.2) is 0 Å². The second-order valence-corrected chi connectivity index (χ2v) is 8.07. The number of nitrogens with zero attached hydrogens (tertiary/aromatic N) is 2. The van der Waals surface area contributed by atoms with Crippen LogP contribution in [0.4, 0.5) is 0 Å². The highest BCUT2D eigenvalue weighted by atomic mass is 35.6. The van der Waals surface area contributed by atoms with Crippen LogP contribution in [-0.4, -0.2) is 41.1 Å². The van der Waals surface area contributed by atoms with Crippen molar-refractivity contribution in [2.45, 2.75) is 35.3 Å². The van der Waals surface area contributed by atoms with Crippen molar-refractivity contribution in [1.29, 1.82) is 0 Å². The van der Waals surface area contributed by atoms with Crippen LogP contribution in [0.15, 0.2) is 29.4 Å². The van der Waals surface area contributed by atoms with Crippen LogP contribution in [0.1, 0.15) is 24.0 Å². The van der Waals surface area contributed by atoms with Crippen molar-refractivity contribution in [3.05, 3.63) is 35.4 Å². The Labute approximate surface area is 144 Å². The fourth-order valence-corrected chi connectivity index (χ4v) is 3.54. The average molecular weight is 364 g/mol. The molecule has 22 heavy (non-hydrogen) atoms. The highest BCUT2D eigenvalue weighted by molar-refractivity contribution is 6.66. The molecule has 120 valence electrons. The van der Waals surface area contributed by atoms with E-state index in [4.69, 9.17) is 44.7 Å². The molecular weight excluding hydrogens is 347 g/mol. The molecule has 2 aliphatic heterocycles. The Morgan fingerprint density at radius 1 is 1.14 bits per heavy atom. The van der Waals surface area contributed by atoms with Crippen LogP contribution in [0.3, 0.4) is 0 Å². The van der Waals surface area contributed by atoms with E-state index in [1.807, 2.05) is 24.3 Å². The molecular formula is C15H17Cl3N2O2. The Morgan fingerprint density at radius 3 is 2.23 bits per heavy atom. The number of morpholine rings is 1. The van der Waals surface area contributed by atoms with Gasteiger partial charge in [-0.05, 0) is 5.56 Å². The first-order chi connectivity index (χ1) is 10.5. The van der Waals surface area contributed by atoms with Crippen molar-refractivity contribution in [2.24, 2.45) is 5.16 Å². The molecule has 4 nitrogen and oxygen atoms in total. The highest BCUT2D eigenvalue weighted by Gasteiger charge is 2.37. The maximum absolute atomic E-state index is 9.02. The smallest absolute Gasteiger partial charge is 0.216 e. The van der Waals surface area contributed by atoms with E-state index in [2.05, 4.69) is 10.1 Å². The maximum atomic E-state index is 9.02. The number of oxime groups is 1. The third kappa shape index (κ3) is 3.52. The second kappa shape index (κ2) is 6.54. The number of fused-ring (bicyclic) bond motifs is 2. The molecule has 1 aromatic rings. The number of hydrogen-bond donors (Lipinski definition) is 1. The molecule has 0 radical (unpaired) electrons. The largest absolute Gasteiger partial charge is 0.411 e. The third-order valence-electron chi connectivity index (χ3n) is 4.29. The van der Waals surface area contributed by atoms with Gasteiger partial charge in [-0.2, -0.15) is 0 Å². The molecule has 0 saturated carbocycles. The zero-order valence-corrected chi connectivity index (χ0v) is 14.2. The van der Waals surface area contributed by atoms with E-state index >= 15 is 0 Å². The van der Waals surface area contributed by atoms with Crippen LogP contribution < -0.4 is 0 Å². The van der Waals surface area contributed by atoms with Crippen molar-refractivity contribution in [2.75, 3.05) is 13.2 Å². The standard InChI is InChI=1S/C15H17Cl3N2O2/c16-15(17,18)11-3-1-10(2-4-11)7-20-13-5-12(19-21)6-14(20)9-22-8-13/h1-4,13-14,21H,5-9H2. The van der Waals surface area contributed by atoms with Gasteiger partial charge in [0.15, 0.2) is 0 Å². The van der Waals surface area contributed by atoms with E-state index in [0.29, 0.717) is 18.8 Å². The van der Waals surface area contributed by atoms with Crippen LogP contribution in [0.5, 0.6) is 0 Å². The predicted molar refractivity (Wildman–Crippen MR) is 88.1 cm³/mol. The fourth-order valence-electron chi connectivity index (χ4n) is 3.16. The molecule has 1 aromatic carbocycles. The quantitative estimate of drug-likeness (QED) is 0.495. The SMILES string of the molecule is ON=C1CC2COCC(C1)N2Cc1ccc(C(Cl)(Cl)Cl)cc1. The van der Waals surface area contributed by atoms with Crippen molar-refractivity contribution in [1.82, 2.24) is 4.90 Å². The summed E-state index contributed by atoms with van der Waals surface area (Å²) in [6, 6.07) is 8.18. The van der Waals surface area contributed by atoms with Gasteiger partial charge in [0, 0.05) is 37.0 Å². The predicted octanol–water partition coefficient (Wildman–Crippen LogP) is 3.71. The number of rotatable bonds is 2. The Morgan fingerprint density at radius 2 is 1.73 bits per heavy atom. The molecule has 2 atom stereocenters. The lowest BCUT2D eigenvalue weighted by atomic mass is 9.92. The van der Waals surface area contributed by atoms with Gasteiger partial charge in [0.2, 0.25) is 3.79 Å². The van der Waals surface area contributed by atoms with E-state index in [9.17, 15) is 0 Å². The first-order valence-corrected chi connectivity index (χ1v) is 8.30. The van der Waals surface area contributed by atoms with E-state index in [0.717, 1.165) is 25.1 Å². The third-order valence-corrected chi connectivity index (χ3v) is 4.94. The number of piperidine rings is 1. The van der Waals surface area contributed by atoms with Crippen molar-refractivity contribution in [3.8, 4) is 0 Å². The van der Waals surface area contributed by atoms with E-state index in [-0.39, 0.29) is 12.1 Å². The molecule has 2 aliphatic rings. The monoisotopic (exact) mass is 362 g/mol. The summed E-state index contributed by atoms with van der Waals surface area (Å²) in [6.07, 6.45) is 1.50. The summed E-state index contributed by atoms with van der Waals surface area (Å²) in [4.78, 5) is 2.42. The minimum atomic E-state index is -1.39. The minimum absolute atomic E-state index is 0.256. The molecule has 2 bridgehead atoms. The Hall–Kier alpha value is -0.520. The van der Waals surface area contributed by atoms with Crippen LogP contribution in [0.25, 0.3) is 0 Å². The van der Waals surface area contributed by atoms with Crippen LogP contribution >= 0.6 is 34.8 Å². The molecule has 2 heterocycles. The molecule has 2 saturated heterocycles. The Bertz CT molecular complexity index is 541. The summed E-state index contributed by atoms with van der Waals surface area (Å²) in [5, 5.41) is 12.4. The topological polar surface area (TPSA) is 45.1 Å². The summed E-state index contributed by atoms with van der Waals surface area (Å²) in [7, 11) is 0. The number of benzene rings is 1. The minimum Gasteiger partial charge on any atom is -0.411 e. The lowest BCUT2D eigenvalue weighted by molar-refractivity contribution is -0.0574. The van der Waals surface area contributed by atoms with Crippen molar-refractivity contribution < 1.29 is 9.94 Å². The number of hydrogen-bond acceptors (Lipinski definition) is 4. The number of ether oxygens (including phenoxy) is 1. The summed E-state index contributed by atoms with van der Waals surface area (Å²) in [5.41, 5.74) is 2.69. The van der Waals surface area contributed by atoms with Gasteiger partial charge in [-0.15, -0.1) is 0 Å². The van der Waals surface area contributed by atoms with Gasteiger partial charge in [0.05, 0.1) is 18.9 Å². The first-order valence-electron chi connectivity index (χ1n) is 7.17. The van der Waals surface area contributed by atoms with Crippen LogP contribution in [-0.2, 0) is 15.1 Å². The van der Waals surface area contributed by atoms with E-state index in [1.54, 1.807) is 0 Å². The van der Waals surface area contributed by atoms with Crippen molar-refractivity contribution in [3.63, 3.8) is 0 Å². The van der Waals surface area contributed by atoms with Gasteiger partial charge in [0.1, 0.15) is 0 Å². The first kappa shape index (κ1) is 16.3. The van der Waals surface area contributed by atoms with Crippen molar-refractivity contribution >= 4 is 40.5 Å². The maximum Gasteiger partial charge on any atom is 0.216 e. The van der Waals surface area contributed by atoms with Gasteiger partial charge in [-0.3, -0.25) is 4.90 Å². The molecule has 0 amide bonds. The molecule has 0 spiro atoms. The van der Waals surface area contributed by atoms with Gasteiger partial charge >= 0.3 is 0 Å². The summed E-state index contributed by atoms with van der Waals surface area (Å²) in [6.45, 7) is 2.15. The summed E-state index contributed by atoms with van der Waals surface area (Å²) in [5.74, 6) is 0. The average Bonchev–Trinajstić information content (AvgIpc) is 2.46. The van der Waals surface area contributed by atoms with E-state index in [1.165, 1.54) is 5.56 Å². The summed E-state index contributed by atoms with van der Waals surface area (Å²) < 4.78 is 4.24. The van der Waals surface area contributed by atoms with Gasteiger partial charge in [0.25, 0.3) is 0 Å². The Kier molecular flexibility index (Phi) is 4.86. The lowest BCUT2D eigenvalue weighted by Gasteiger charge is -2.45. The number of alkyl halides is 3. The summed E-state index contributed by atoms with van der Waals surface area (Å²) >= 11 is 17.6. The second-order valence-electron chi connectivity index (χ2n) is 5.79. The molecule has 2 fully saturated rings. The molecule has 0 aliphatic carbocycles. The molecule has 3 rings (SSSR count). The zero-order chi connectivity index (χ0) is 15.7. The molecule has 7 heteroatoms. The highest BCUT2D eigenvalue weighted by Crippen LogP contribution is 2.38. The fraction of sp³-hybridized carbons (Fsp3) is 0.533. The zero-order valence-electron chi connectivity index (χ0n) is 11.9. The van der Waals surface area contributed by atoms with Crippen LogP contribution in [0.2, 0.25) is 0 Å². The van der Waals surface area contributed by atoms with Crippen LogP contribution in [0, 0.1) is 0 Å². The van der Waals surface area contributed by atoms with Gasteiger partial charge < -0.3 is 9.94 Å². The molecule has 2 unspecified atom stereocenters. The molecule has 0 aromatic heterocycles.